The Morgan fingerprint density at radius 2 is 0.983 bits per heavy atom. The van der Waals surface area contributed by atoms with E-state index in [4.69, 9.17) is 9.47 Å². The van der Waals surface area contributed by atoms with E-state index < -0.39 is 49.5 Å². The van der Waals surface area contributed by atoms with Gasteiger partial charge in [0.1, 0.15) is 24.4 Å². The van der Waals surface area contributed by atoms with Crippen molar-refractivity contribution >= 4 is 5.91 Å². The molecule has 0 aromatic carbocycles. The molecule has 1 heterocycles. The van der Waals surface area contributed by atoms with Gasteiger partial charge in [-0.1, -0.05) is 172 Å². The first kappa shape index (κ1) is 54.2. The standard InChI is InChI=1S/C49H89NO8/c1-3-5-7-9-11-13-15-17-18-19-20-21-22-23-24-25-27-28-30-32-34-36-38-43(52)42(41-57-49-48(56)47(55)46(54)44(40-51)58-49)50-45(53)39-37-35-33-31-29-26-16-14-12-10-8-6-4-2/h23-24,26,28-30,36,38,42-44,46-49,51-52,54-56H,3-22,25,27,31-35,37,39-41H2,1-2H3,(H,50,53)/b24-23+,29-26-,30-28+,38-36+. The van der Waals surface area contributed by atoms with Crippen LogP contribution in [0.2, 0.25) is 0 Å². The van der Waals surface area contributed by atoms with Gasteiger partial charge in [0.05, 0.1) is 25.4 Å². The number of rotatable bonds is 39. The highest BCUT2D eigenvalue weighted by Gasteiger charge is 2.44. The van der Waals surface area contributed by atoms with Crippen molar-refractivity contribution in [3.63, 3.8) is 0 Å². The van der Waals surface area contributed by atoms with Gasteiger partial charge in [-0.3, -0.25) is 4.79 Å². The predicted octanol–water partition coefficient (Wildman–Crippen LogP) is 10.2. The first-order valence-corrected chi connectivity index (χ1v) is 23.9. The van der Waals surface area contributed by atoms with Gasteiger partial charge in [0.25, 0.3) is 0 Å². The Balaban J connectivity index is 2.37. The summed E-state index contributed by atoms with van der Waals surface area (Å²) in [4.78, 5) is 12.9. The van der Waals surface area contributed by atoms with Gasteiger partial charge >= 0.3 is 0 Å². The third kappa shape index (κ3) is 29.4. The Bertz CT molecular complexity index is 1050. The molecule has 6 N–H and O–H groups in total. The van der Waals surface area contributed by atoms with Crippen LogP contribution in [0.3, 0.4) is 0 Å². The number of aliphatic hydroxyl groups excluding tert-OH is 5. The molecular formula is C49H89NO8. The number of allylic oxidation sites excluding steroid dienone is 7. The molecule has 0 aliphatic carbocycles. The van der Waals surface area contributed by atoms with E-state index in [0.717, 1.165) is 57.8 Å². The molecule has 1 rings (SSSR count). The van der Waals surface area contributed by atoms with E-state index in [1.807, 2.05) is 6.08 Å². The summed E-state index contributed by atoms with van der Waals surface area (Å²) >= 11 is 0. The molecule has 0 saturated carbocycles. The van der Waals surface area contributed by atoms with Crippen LogP contribution < -0.4 is 5.32 Å². The molecule has 9 heteroatoms. The van der Waals surface area contributed by atoms with Crippen molar-refractivity contribution in [1.82, 2.24) is 5.32 Å². The average molecular weight is 820 g/mol. The second kappa shape index (κ2) is 39.3. The highest BCUT2D eigenvalue weighted by atomic mass is 16.7. The van der Waals surface area contributed by atoms with Crippen LogP contribution in [0, 0.1) is 0 Å². The van der Waals surface area contributed by atoms with Crippen molar-refractivity contribution in [1.29, 1.82) is 0 Å². The van der Waals surface area contributed by atoms with Gasteiger partial charge in [-0.05, 0) is 70.6 Å². The molecule has 7 atom stereocenters. The molecule has 0 radical (unpaired) electrons. The number of hydrogen-bond donors (Lipinski definition) is 6. The monoisotopic (exact) mass is 820 g/mol. The summed E-state index contributed by atoms with van der Waals surface area (Å²) in [5.74, 6) is -0.209. The first-order chi connectivity index (χ1) is 28.3. The molecule has 1 aliphatic heterocycles. The van der Waals surface area contributed by atoms with Crippen LogP contribution >= 0.6 is 0 Å². The van der Waals surface area contributed by atoms with Crippen LogP contribution in [0.4, 0.5) is 0 Å². The fourth-order valence-corrected chi connectivity index (χ4v) is 7.24. The fraction of sp³-hybridized carbons (Fsp3) is 0.816. The number of nitrogens with one attached hydrogen (secondary N) is 1. The van der Waals surface area contributed by atoms with Crippen molar-refractivity contribution in [2.45, 2.75) is 243 Å². The van der Waals surface area contributed by atoms with Crippen molar-refractivity contribution in [2.24, 2.45) is 0 Å². The minimum absolute atomic E-state index is 0.209. The molecule has 9 nitrogen and oxygen atoms in total. The molecular weight excluding hydrogens is 731 g/mol. The smallest absolute Gasteiger partial charge is 0.220 e. The summed E-state index contributed by atoms with van der Waals surface area (Å²) in [5, 5.41) is 54.1. The molecule has 0 bridgehead atoms. The van der Waals surface area contributed by atoms with Gasteiger partial charge in [-0.25, -0.2) is 0 Å². The second-order valence-electron chi connectivity index (χ2n) is 16.5. The fourth-order valence-electron chi connectivity index (χ4n) is 7.24. The predicted molar refractivity (Wildman–Crippen MR) is 239 cm³/mol. The topological polar surface area (TPSA) is 149 Å². The Morgan fingerprint density at radius 3 is 1.45 bits per heavy atom. The summed E-state index contributed by atoms with van der Waals surface area (Å²) < 4.78 is 11.2. The summed E-state index contributed by atoms with van der Waals surface area (Å²) in [5.41, 5.74) is 0. The normalized spacial score (nSPS) is 21.3. The van der Waals surface area contributed by atoms with Crippen LogP contribution in [0.5, 0.6) is 0 Å². The lowest BCUT2D eigenvalue weighted by Gasteiger charge is -2.40. The third-order valence-electron chi connectivity index (χ3n) is 11.1. The maximum Gasteiger partial charge on any atom is 0.220 e. The molecule has 7 unspecified atom stereocenters. The van der Waals surface area contributed by atoms with Gasteiger partial charge in [-0.15, -0.1) is 0 Å². The SMILES string of the molecule is CCCCCCCC/C=C\CCCCCC(=O)NC(COC1OC(CO)C(O)C(O)C1O)C(O)/C=C/CC/C=C/CC/C=C/CCCCCCCCCCCCCC. The van der Waals surface area contributed by atoms with E-state index in [1.165, 1.54) is 122 Å². The summed E-state index contributed by atoms with van der Waals surface area (Å²) in [6.07, 6.45) is 43.1. The molecule has 1 aliphatic rings. The zero-order valence-corrected chi connectivity index (χ0v) is 37.0. The molecule has 58 heavy (non-hydrogen) atoms. The van der Waals surface area contributed by atoms with Gasteiger partial charge in [0, 0.05) is 6.42 Å². The molecule has 1 amide bonds. The third-order valence-corrected chi connectivity index (χ3v) is 11.1. The molecule has 0 aromatic rings. The average Bonchev–Trinajstić information content (AvgIpc) is 3.22. The maximum absolute atomic E-state index is 12.9. The van der Waals surface area contributed by atoms with E-state index in [-0.39, 0.29) is 12.5 Å². The van der Waals surface area contributed by atoms with Gasteiger partial charge < -0.3 is 40.3 Å². The number of carbonyl (C=O) groups is 1. The first-order valence-electron chi connectivity index (χ1n) is 23.9. The number of amides is 1. The number of aliphatic hydroxyl groups is 5. The highest BCUT2D eigenvalue weighted by molar-refractivity contribution is 5.76. The zero-order chi connectivity index (χ0) is 42.3. The van der Waals surface area contributed by atoms with E-state index in [9.17, 15) is 30.3 Å². The number of hydrogen-bond acceptors (Lipinski definition) is 8. The second-order valence-corrected chi connectivity index (χ2v) is 16.5. The van der Waals surface area contributed by atoms with Crippen molar-refractivity contribution < 1.29 is 39.8 Å². The van der Waals surface area contributed by atoms with Crippen LogP contribution in [0.25, 0.3) is 0 Å². The summed E-state index contributed by atoms with van der Waals surface area (Å²) in [6.45, 7) is 3.73. The van der Waals surface area contributed by atoms with Gasteiger partial charge in [-0.2, -0.15) is 0 Å². The summed E-state index contributed by atoms with van der Waals surface area (Å²) in [6, 6.07) is -0.835. The highest BCUT2D eigenvalue weighted by Crippen LogP contribution is 2.22. The summed E-state index contributed by atoms with van der Waals surface area (Å²) in [7, 11) is 0. The number of ether oxygens (including phenoxy) is 2. The van der Waals surface area contributed by atoms with E-state index in [0.29, 0.717) is 6.42 Å². The van der Waals surface area contributed by atoms with Crippen LogP contribution in [-0.2, 0) is 14.3 Å². The molecule has 338 valence electrons. The Morgan fingerprint density at radius 1 is 0.569 bits per heavy atom. The molecule has 0 aromatic heterocycles. The lowest BCUT2D eigenvalue weighted by Crippen LogP contribution is -2.60. The van der Waals surface area contributed by atoms with Gasteiger partial charge in [0.15, 0.2) is 6.29 Å². The van der Waals surface area contributed by atoms with Crippen molar-refractivity contribution in [2.75, 3.05) is 13.2 Å². The van der Waals surface area contributed by atoms with Crippen LogP contribution in [0.15, 0.2) is 48.6 Å². The van der Waals surface area contributed by atoms with Crippen LogP contribution in [-0.4, -0.2) is 87.5 Å². The number of unbranched alkanes of at least 4 members (excludes halogenated alkanes) is 23. The quantitative estimate of drug-likeness (QED) is 0.0265. The van der Waals surface area contributed by atoms with E-state index in [1.54, 1.807) is 6.08 Å². The van der Waals surface area contributed by atoms with Gasteiger partial charge in [0.2, 0.25) is 5.91 Å². The van der Waals surface area contributed by atoms with Crippen molar-refractivity contribution in [3.05, 3.63) is 48.6 Å². The Hall–Kier alpha value is -1.85. The minimum Gasteiger partial charge on any atom is -0.394 e. The zero-order valence-electron chi connectivity index (χ0n) is 37.0. The molecule has 1 saturated heterocycles. The molecule has 1 fully saturated rings. The Labute approximate surface area is 354 Å². The van der Waals surface area contributed by atoms with Crippen LogP contribution in [0.1, 0.15) is 200 Å². The van der Waals surface area contributed by atoms with E-state index >= 15 is 0 Å². The number of carbonyl (C=O) groups excluding carboxylic acids is 1. The minimum atomic E-state index is -1.58. The van der Waals surface area contributed by atoms with Crippen molar-refractivity contribution in [3.8, 4) is 0 Å². The Kier molecular flexibility index (Phi) is 36.7. The van der Waals surface area contributed by atoms with E-state index in [2.05, 4.69) is 55.6 Å². The molecule has 0 spiro atoms. The largest absolute Gasteiger partial charge is 0.394 e. The maximum atomic E-state index is 12.9. The lowest BCUT2D eigenvalue weighted by molar-refractivity contribution is -0.302. The lowest BCUT2D eigenvalue weighted by atomic mass is 9.99.